The molecule has 0 saturated carbocycles. The first-order chi connectivity index (χ1) is 16.6. The Morgan fingerprint density at radius 2 is 1.09 bits per heavy atom. The van der Waals surface area contributed by atoms with Crippen molar-refractivity contribution in [2.24, 2.45) is 0 Å². The first-order valence-electron chi connectivity index (χ1n) is 11.3. The van der Waals surface area contributed by atoms with Crippen LogP contribution in [0.15, 0.2) is 115 Å². The van der Waals surface area contributed by atoms with Crippen LogP contribution in [0.1, 0.15) is 22.3 Å². The van der Waals surface area contributed by atoms with Crippen molar-refractivity contribution in [3.8, 4) is 0 Å². The quantitative estimate of drug-likeness (QED) is 0.206. The average Bonchev–Trinajstić information content (AvgIpc) is 2.90. The van der Waals surface area contributed by atoms with Crippen LogP contribution in [-0.2, 0) is 9.53 Å². The standard InChI is InChI=1S/C30H28O3P/c1-23-18-20-24(21-19-23)30(32)28(22-29(31)33-2)34(25-12-6-3-7-13-25,26-14-8-4-9-15-26)27-16-10-5-11-17-27/h3-21,28H,22H2,1-2H3/q+1. The highest BCUT2D eigenvalue weighted by Crippen LogP contribution is 2.61. The number of esters is 1. The molecule has 0 N–H and O–H groups in total. The predicted octanol–water partition coefficient (Wildman–Crippen LogP) is 5.10. The largest absolute Gasteiger partial charge is 0.469 e. The minimum Gasteiger partial charge on any atom is -0.469 e. The van der Waals surface area contributed by atoms with Crippen LogP contribution in [0.4, 0.5) is 0 Å². The van der Waals surface area contributed by atoms with E-state index in [0.29, 0.717) is 5.56 Å². The van der Waals surface area contributed by atoms with Gasteiger partial charge >= 0.3 is 5.97 Å². The van der Waals surface area contributed by atoms with Crippen LogP contribution in [0.2, 0.25) is 0 Å². The van der Waals surface area contributed by atoms with Gasteiger partial charge < -0.3 is 4.74 Å². The van der Waals surface area contributed by atoms with Crippen LogP contribution in [0.25, 0.3) is 0 Å². The maximum absolute atomic E-state index is 14.3. The lowest BCUT2D eigenvalue weighted by Gasteiger charge is -2.33. The molecule has 3 nitrogen and oxygen atoms in total. The van der Waals surface area contributed by atoms with Gasteiger partial charge in [-0.15, -0.1) is 0 Å². The molecule has 4 aromatic carbocycles. The molecule has 4 rings (SSSR count). The maximum atomic E-state index is 14.3. The number of aryl methyl sites for hydroxylation is 1. The van der Waals surface area contributed by atoms with Crippen LogP contribution in [-0.4, -0.2) is 24.5 Å². The molecule has 0 spiro atoms. The maximum Gasteiger partial charge on any atom is 0.310 e. The second-order valence-electron chi connectivity index (χ2n) is 8.26. The van der Waals surface area contributed by atoms with Crippen LogP contribution in [0, 0.1) is 6.92 Å². The van der Waals surface area contributed by atoms with Crippen molar-refractivity contribution in [3.05, 3.63) is 126 Å². The second kappa shape index (κ2) is 10.6. The Morgan fingerprint density at radius 1 is 0.676 bits per heavy atom. The number of ether oxygens (including phenoxy) is 1. The summed E-state index contributed by atoms with van der Waals surface area (Å²) < 4.78 is 5.12. The zero-order valence-electron chi connectivity index (χ0n) is 19.4. The molecular formula is C30H28O3P+. The van der Waals surface area contributed by atoms with E-state index in [1.807, 2.05) is 85.8 Å². The molecule has 34 heavy (non-hydrogen) atoms. The van der Waals surface area contributed by atoms with Crippen LogP contribution in [0.5, 0.6) is 0 Å². The van der Waals surface area contributed by atoms with Gasteiger partial charge in [0, 0.05) is 5.56 Å². The highest BCUT2D eigenvalue weighted by Gasteiger charge is 2.56. The third-order valence-electron chi connectivity index (χ3n) is 6.18. The van der Waals surface area contributed by atoms with E-state index in [1.165, 1.54) is 7.11 Å². The van der Waals surface area contributed by atoms with Gasteiger partial charge in [-0.1, -0.05) is 84.4 Å². The molecular weight excluding hydrogens is 439 g/mol. The molecule has 4 heteroatoms. The van der Waals surface area contributed by atoms with Crippen molar-refractivity contribution in [2.75, 3.05) is 7.11 Å². The van der Waals surface area contributed by atoms with E-state index in [9.17, 15) is 9.59 Å². The molecule has 0 aromatic heterocycles. The Hall–Kier alpha value is -3.55. The van der Waals surface area contributed by atoms with Crippen LogP contribution < -0.4 is 15.9 Å². The number of rotatable bonds is 8. The first kappa shape index (κ1) is 23.6. The molecule has 0 aliphatic carbocycles. The molecule has 170 valence electrons. The smallest absolute Gasteiger partial charge is 0.310 e. The van der Waals surface area contributed by atoms with Gasteiger partial charge in [0.05, 0.1) is 13.5 Å². The third kappa shape index (κ3) is 4.58. The summed E-state index contributed by atoms with van der Waals surface area (Å²) in [6.45, 7) is 2.00. The first-order valence-corrected chi connectivity index (χ1v) is 13.2. The van der Waals surface area contributed by atoms with E-state index < -0.39 is 18.9 Å². The normalized spacial score (nSPS) is 12.1. The fraction of sp³-hybridized carbons (Fsp3) is 0.133. The molecule has 0 aliphatic rings. The summed E-state index contributed by atoms with van der Waals surface area (Å²) in [4.78, 5) is 27.1. The molecule has 4 aromatic rings. The fourth-order valence-corrected chi connectivity index (χ4v) is 9.36. The van der Waals surface area contributed by atoms with E-state index in [0.717, 1.165) is 21.5 Å². The lowest BCUT2D eigenvalue weighted by atomic mass is 10.0. The molecule has 0 radical (unpaired) electrons. The van der Waals surface area contributed by atoms with E-state index in [4.69, 9.17) is 4.74 Å². The molecule has 1 atom stereocenters. The number of carbonyl (C=O) groups excluding carboxylic acids is 2. The number of benzene rings is 4. The third-order valence-corrected chi connectivity index (χ3v) is 10.9. The lowest BCUT2D eigenvalue weighted by Crippen LogP contribution is -2.43. The SMILES string of the molecule is COC(=O)CC(C(=O)c1ccc(C)cc1)[P+](c1ccccc1)(c1ccccc1)c1ccccc1. The van der Waals surface area contributed by atoms with Crippen LogP contribution in [0.3, 0.4) is 0 Å². The number of ketones is 1. The second-order valence-corrected chi connectivity index (χ2v) is 11.9. The highest BCUT2D eigenvalue weighted by molar-refractivity contribution is 7.97. The van der Waals surface area contributed by atoms with Crippen molar-refractivity contribution in [2.45, 2.75) is 19.0 Å². The van der Waals surface area contributed by atoms with Gasteiger partial charge in [-0.2, -0.15) is 0 Å². The summed E-state index contributed by atoms with van der Waals surface area (Å²) in [6.07, 6.45) is -0.00430. The lowest BCUT2D eigenvalue weighted by molar-refractivity contribution is -0.140. The van der Waals surface area contributed by atoms with E-state index in [2.05, 4.69) is 36.4 Å². The minimum atomic E-state index is -2.61. The molecule has 0 fully saturated rings. The van der Waals surface area contributed by atoms with Crippen molar-refractivity contribution in [1.82, 2.24) is 0 Å². The van der Waals surface area contributed by atoms with Crippen molar-refractivity contribution in [3.63, 3.8) is 0 Å². The van der Waals surface area contributed by atoms with Gasteiger partial charge in [0.15, 0.2) is 5.66 Å². The summed E-state index contributed by atoms with van der Waals surface area (Å²) >= 11 is 0. The van der Waals surface area contributed by atoms with Crippen molar-refractivity contribution in [1.29, 1.82) is 0 Å². The predicted molar refractivity (Wildman–Crippen MR) is 141 cm³/mol. The van der Waals surface area contributed by atoms with E-state index in [1.54, 1.807) is 0 Å². The number of methoxy groups -OCH3 is 1. The molecule has 0 aliphatic heterocycles. The Bertz CT molecular complexity index is 1140. The summed E-state index contributed by atoms with van der Waals surface area (Å²) in [5.74, 6) is -0.437. The van der Waals surface area contributed by atoms with Gasteiger partial charge in [0.2, 0.25) is 5.78 Å². The van der Waals surface area contributed by atoms with Crippen molar-refractivity contribution < 1.29 is 14.3 Å². The van der Waals surface area contributed by atoms with Gasteiger partial charge in [-0.3, -0.25) is 9.59 Å². The Kier molecular flexibility index (Phi) is 7.35. The monoisotopic (exact) mass is 467 g/mol. The van der Waals surface area contributed by atoms with Gasteiger partial charge in [0.25, 0.3) is 0 Å². The topological polar surface area (TPSA) is 43.4 Å². The zero-order chi connectivity index (χ0) is 24.0. The van der Waals surface area contributed by atoms with Gasteiger partial charge in [-0.05, 0) is 43.3 Å². The summed E-state index contributed by atoms with van der Waals surface area (Å²) in [6, 6.07) is 38.0. The molecule has 1 unspecified atom stereocenters. The molecule has 0 bridgehead atoms. The number of carbonyl (C=O) groups is 2. The Balaban J connectivity index is 2.07. The van der Waals surface area contributed by atoms with Gasteiger partial charge in [0.1, 0.15) is 23.2 Å². The number of hydrogen-bond donors (Lipinski definition) is 0. The minimum absolute atomic E-state index is 0.00430. The Labute approximate surface area is 201 Å². The summed E-state index contributed by atoms with van der Waals surface area (Å²) in [5, 5.41) is 3.17. The van der Waals surface area contributed by atoms with Gasteiger partial charge in [-0.25, -0.2) is 0 Å². The summed E-state index contributed by atoms with van der Waals surface area (Å²) in [7, 11) is -1.24. The van der Waals surface area contributed by atoms with Crippen LogP contribution >= 0.6 is 7.26 Å². The molecule has 0 heterocycles. The fourth-order valence-electron chi connectivity index (χ4n) is 4.53. The van der Waals surface area contributed by atoms with Crippen molar-refractivity contribution >= 4 is 34.9 Å². The van der Waals surface area contributed by atoms with E-state index in [-0.39, 0.29) is 12.2 Å². The number of Topliss-reactive ketones (excluding diaryl/α,β-unsaturated/α-hetero) is 1. The Morgan fingerprint density at radius 3 is 1.47 bits per heavy atom. The number of hydrogen-bond acceptors (Lipinski definition) is 3. The average molecular weight is 468 g/mol. The zero-order valence-corrected chi connectivity index (χ0v) is 20.3. The molecule has 0 amide bonds. The molecule has 0 saturated heterocycles. The highest BCUT2D eigenvalue weighted by atomic mass is 31.2. The van der Waals surface area contributed by atoms with E-state index >= 15 is 0 Å². The summed E-state index contributed by atoms with van der Waals surface area (Å²) in [5.41, 5.74) is 1.07.